The second-order valence-corrected chi connectivity index (χ2v) is 15.6. The maximum atomic E-state index is 6.11. The van der Waals surface area contributed by atoms with E-state index in [9.17, 15) is 0 Å². The van der Waals surface area contributed by atoms with Crippen molar-refractivity contribution in [1.82, 2.24) is 0 Å². The summed E-state index contributed by atoms with van der Waals surface area (Å²) >= 11 is 14.8. The third-order valence-electron chi connectivity index (χ3n) is 2.72. The van der Waals surface area contributed by atoms with Gasteiger partial charge < -0.3 is 22.8 Å². The first-order chi connectivity index (χ1) is 11.6. The van der Waals surface area contributed by atoms with E-state index in [0.29, 0.717) is 19.3 Å². The first kappa shape index (κ1) is 26.1. The fraction of sp³-hybridized carbons (Fsp3) is 1.00. The highest BCUT2D eigenvalue weighted by Crippen LogP contribution is 2.23. The molecule has 152 valence electrons. The minimum absolute atomic E-state index is 0.0925. The lowest BCUT2D eigenvalue weighted by atomic mass is 10.5. The van der Waals surface area contributed by atoms with Crippen molar-refractivity contribution >= 4 is 48.8 Å². The number of hydrogen-bond donors (Lipinski definition) is 0. The van der Waals surface area contributed by atoms with Crippen molar-refractivity contribution in [1.29, 1.82) is 0 Å². The molecule has 1 atom stereocenters. The normalized spacial score (nSPS) is 17.4. The summed E-state index contributed by atoms with van der Waals surface area (Å²) in [6, 6.07) is 0.785. The zero-order valence-electron chi connectivity index (χ0n) is 16.1. The molecule has 1 fully saturated rings. The number of halogens is 3. The second kappa shape index (κ2) is 14.2. The largest absolute Gasteiger partial charge is 0.501 e. The molecule has 5 nitrogen and oxygen atoms in total. The van der Waals surface area contributed by atoms with Crippen LogP contribution in [0.3, 0.4) is 0 Å². The summed E-state index contributed by atoms with van der Waals surface area (Å²) in [6.07, 6.45) is 1.48. The lowest BCUT2D eigenvalue weighted by Crippen LogP contribution is -2.50. The van der Waals surface area contributed by atoms with Crippen LogP contribution in [0.25, 0.3) is 0 Å². The Morgan fingerprint density at radius 2 is 1.36 bits per heavy atom. The molecule has 25 heavy (non-hydrogen) atoms. The van der Waals surface area contributed by atoms with E-state index >= 15 is 0 Å². The molecular weight excluding hydrogens is 423 g/mol. The molecule has 0 aromatic carbocycles. The zero-order valence-corrected chi connectivity index (χ0v) is 20.5. The van der Waals surface area contributed by atoms with Gasteiger partial charge in [0.2, 0.25) is 0 Å². The molecule has 0 aromatic rings. The molecule has 0 amide bonds. The van der Waals surface area contributed by atoms with Gasteiger partial charge in [0.25, 0.3) is 0 Å². The quantitative estimate of drug-likeness (QED) is 0.189. The Hall–Kier alpha value is 1.10. The van der Waals surface area contributed by atoms with E-state index < -0.39 is 15.5 Å². The third-order valence-corrected chi connectivity index (χ3v) is 6.18. The van der Waals surface area contributed by atoms with E-state index in [1.54, 1.807) is 0 Å². The van der Waals surface area contributed by atoms with Gasteiger partial charge in [-0.25, -0.2) is 0 Å². The van der Waals surface area contributed by atoms with E-state index in [2.05, 4.69) is 0 Å². The smallest absolute Gasteiger partial charge is 0.379 e. The predicted molar refractivity (Wildman–Crippen MR) is 109 cm³/mol. The SMILES string of the molecule is CC(C)O[Si](CCCOCC1CO1)(OC(C)C)OC(C)C.Cl[SiH](Cl)Cl. The van der Waals surface area contributed by atoms with Crippen LogP contribution in [0.1, 0.15) is 48.0 Å². The monoisotopic (exact) mass is 454 g/mol. The minimum atomic E-state index is -2.66. The van der Waals surface area contributed by atoms with Crippen molar-refractivity contribution in [2.24, 2.45) is 0 Å². The number of rotatable bonds is 12. The first-order valence-corrected chi connectivity index (χ1v) is 15.9. The molecule has 0 aromatic heterocycles. The van der Waals surface area contributed by atoms with Crippen LogP contribution in [0, 0.1) is 0 Å². The average Bonchev–Trinajstić information content (AvgIpc) is 3.18. The molecule has 10 heteroatoms. The Bertz CT molecular complexity index is 303. The Labute approximate surface area is 169 Å². The predicted octanol–water partition coefficient (Wildman–Crippen LogP) is 4.43. The fourth-order valence-electron chi connectivity index (χ4n) is 2.11. The van der Waals surface area contributed by atoms with E-state index in [-0.39, 0.29) is 18.3 Å². The van der Waals surface area contributed by atoms with Gasteiger partial charge in [-0.2, -0.15) is 0 Å². The lowest BCUT2D eigenvalue weighted by molar-refractivity contribution is 0.00101. The Balaban J connectivity index is 0.00000129. The molecule has 1 saturated heterocycles. The molecule has 0 radical (unpaired) electrons. The standard InChI is InChI=1S/C15H32O5Si.Cl3HSi/c1-12(2)18-21(19-13(3)4,20-14(5)6)9-7-8-16-10-15-11-17-15;1-4(2)3/h12-15H,7-11H2,1-6H3;4H. The lowest BCUT2D eigenvalue weighted by Gasteiger charge is -2.34. The van der Waals surface area contributed by atoms with Gasteiger partial charge in [0.15, 0.2) is 0 Å². The number of hydrogen-bond acceptors (Lipinski definition) is 5. The van der Waals surface area contributed by atoms with Gasteiger partial charge in [-0.3, -0.25) is 0 Å². The van der Waals surface area contributed by atoms with E-state index in [1.807, 2.05) is 41.5 Å². The minimum Gasteiger partial charge on any atom is -0.379 e. The molecule has 1 rings (SSSR count). The molecule has 0 spiro atoms. The third kappa shape index (κ3) is 17.0. The van der Waals surface area contributed by atoms with Crippen LogP contribution in [-0.2, 0) is 22.8 Å². The Kier molecular flexibility index (Phi) is 14.8. The van der Waals surface area contributed by atoms with Crippen LogP contribution in [-0.4, -0.2) is 59.8 Å². The van der Waals surface area contributed by atoms with Gasteiger partial charge in [-0.15, -0.1) is 33.2 Å². The zero-order chi connectivity index (χ0) is 19.5. The molecule has 0 bridgehead atoms. The summed E-state index contributed by atoms with van der Waals surface area (Å²) in [7, 11) is -2.66. The van der Waals surface area contributed by atoms with Gasteiger partial charge in [0, 0.05) is 31.0 Å². The van der Waals surface area contributed by atoms with Crippen LogP contribution in [0.2, 0.25) is 6.04 Å². The van der Waals surface area contributed by atoms with Crippen molar-refractivity contribution in [3.8, 4) is 0 Å². The molecule has 0 aliphatic carbocycles. The van der Waals surface area contributed by atoms with Gasteiger partial charge in [-0.05, 0) is 48.0 Å². The van der Waals surface area contributed by atoms with Crippen molar-refractivity contribution in [2.75, 3.05) is 19.8 Å². The highest BCUT2D eigenvalue weighted by molar-refractivity contribution is 7.54. The van der Waals surface area contributed by atoms with Gasteiger partial charge in [-0.1, -0.05) is 0 Å². The van der Waals surface area contributed by atoms with Crippen LogP contribution >= 0.6 is 33.2 Å². The maximum absolute atomic E-state index is 6.11. The van der Waals surface area contributed by atoms with E-state index in [0.717, 1.165) is 19.1 Å². The highest BCUT2D eigenvalue weighted by Gasteiger charge is 2.43. The number of epoxide rings is 1. The summed E-state index contributed by atoms with van der Waals surface area (Å²) in [5.74, 6) is 0. The summed E-state index contributed by atoms with van der Waals surface area (Å²) in [5.41, 5.74) is 0. The van der Waals surface area contributed by atoms with Gasteiger partial charge in [0.1, 0.15) is 6.10 Å². The second-order valence-electron chi connectivity index (χ2n) is 6.56. The molecular formula is C15H33Cl3O5Si2. The maximum Gasteiger partial charge on any atom is 0.501 e. The first-order valence-electron chi connectivity index (χ1n) is 8.71. The van der Waals surface area contributed by atoms with Crippen molar-refractivity contribution in [3.05, 3.63) is 0 Å². The average molecular weight is 456 g/mol. The molecule has 0 saturated carbocycles. The van der Waals surface area contributed by atoms with Crippen LogP contribution in [0.5, 0.6) is 0 Å². The topological polar surface area (TPSA) is 49.5 Å². The summed E-state index contributed by atoms with van der Waals surface area (Å²) < 4.78 is 29.1. The summed E-state index contributed by atoms with van der Waals surface area (Å²) in [5, 5.41) is 0. The molecule has 0 N–H and O–H groups in total. The van der Waals surface area contributed by atoms with Gasteiger partial charge >= 0.3 is 15.5 Å². The molecule has 1 aliphatic heterocycles. The van der Waals surface area contributed by atoms with Crippen molar-refractivity contribution in [3.63, 3.8) is 0 Å². The summed E-state index contributed by atoms with van der Waals surface area (Å²) in [6.45, 7) is 12.6. The van der Waals surface area contributed by atoms with Crippen LogP contribution in [0.15, 0.2) is 0 Å². The summed E-state index contributed by atoms with van der Waals surface area (Å²) in [4.78, 5) is 0. The number of ether oxygens (including phenoxy) is 2. The fourth-order valence-corrected chi connectivity index (χ4v) is 5.36. The molecule has 1 heterocycles. The van der Waals surface area contributed by atoms with E-state index in [1.165, 1.54) is 0 Å². The van der Waals surface area contributed by atoms with Crippen molar-refractivity contribution < 1.29 is 22.8 Å². The Morgan fingerprint density at radius 3 is 1.68 bits per heavy atom. The Morgan fingerprint density at radius 1 is 0.960 bits per heavy atom. The van der Waals surface area contributed by atoms with Crippen LogP contribution < -0.4 is 0 Å². The highest BCUT2D eigenvalue weighted by atomic mass is 35.8. The van der Waals surface area contributed by atoms with Gasteiger partial charge in [0.05, 0.1) is 13.2 Å². The van der Waals surface area contributed by atoms with E-state index in [4.69, 9.17) is 56.0 Å². The molecule has 1 aliphatic rings. The van der Waals surface area contributed by atoms with Crippen molar-refractivity contribution in [2.45, 2.75) is 78.4 Å². The van der Waals surface area contributed by atoms with Crippen LogP contribution in [0.4, 0.5) is 0 Å². The molecule has 1 unspecified atom stereocenters.